The maximum Gasteiger partial charge on any atom is 0.336 e. The molecule has 1 aromatic heterocycles. The van der Waals surface area contributed by atoms with Crippen LogP contribution in [0.15, 0.2) is 54.7 Å². The number of carboxylic acid groups (broad SMARTS) is 1. The summed E-state index contributed by atoms with van der Waals surface area (Å²) in [6, 6.07) is 14.8. The van der Waals surface area contributed by atoms with Gasteiger partial charge >= 0.3 is 5.97 Å². The first kappa shape index (κ1) is 20.8. The Morgan fingerprint density at radius 2 is 1.74 bits per heavy atom. The molecular formula is C25H26N2O4. The maximum atomic E-state index is 12.2. The van der Waals surface area contributed by atoms with E-state index in [1.54, 1.807) is 0 Å². The molecule has 6 nitrogen and oxygen atoms in total. The Morgan fingerprint density at radius 3 is 2.48 bits per heavy atom. The molecule has 0 aliphatic heterocycles. The quantitative estimate of drug-likeness (QED) is 0.544. The number of nitrogens with one attached hydrogen (secondary N) is 1. The molecular weight excluding hydrogens is 392 g/mol. The molecule has 6 heteroatoms. The van der Waals surface area contributed by atoms with E-state index in [1.807, 2.05) is 42.5 Å². The molecule has 0 saturated heterocycles. The van der Waals surface area contributed by atoms with Crippen LogP contribution in [0.3, 0.4) is 0 Å². The van der Waals surface area contributed by atoms with Gasteiger partial charge in [-0.2, -0.15) is 0 Å². The molecule has 3 aromatic rings. The van der Waals surface area contributed by atoms with Crippen molar-refractivity contribution in [3.8, 4) is 16.9 Å². The van der Waals surface area contributed by atoms with Crippen LogP contribution in [0.4, 0.5) is 0 Å². The summed E-state index contributed by atoms with van der Waals surface area (Å²) in [7, 11) is 0. The lowest BCUT2D eigenvalue weighted by Crippen LogP contribution is -2.34. The summed E-state index contributed by atoms with van der Waals surface area (Å²) in [5.74, 6) is 0.0604. The lowest BCUT2D eigenvalue weighted by Gasteiger charge is -2.20. The first-order valence-corrected chi connectivity index (χ1v) is 10.7. The number of fused-ring (bicyclic) bond motifs is 1. The van der Waals surface area contributed by atoms with Crippen LogP contribution in [0.5, 0.6) is 5.75 Å². The van der Waals surface area contributed by atoms with Gasteiger partial charge in [0.05, 0.1) is 17.6 Å². The molecule has 1 aliphatic rings. The number of carbonyl (C=O) groups excluding carboxylic acids is 1. The molecule has 160 valence electrons. The van der Waals surface area contributed by atoms with Gasteiger partial charge in [-0.3, -0.25) is 9.78 Å². The van der Waals surface area contributed by atoms with Gasteiger partial charge in [0.1, 0.15) is 12.4 Å². The third kappa shape index (κ3) is 5.02. The molecule has 0 unspecified atom stereocenters. The van der Waals surface area contributed by atoms with E-state index in [2.05, 4.69) is 10.3 Å². The van der Waals surface area contributed by atoms with Gasteiger partial charge in [0.15, 0.2) is 0 Å². The van der Waals surface area contributed by atoms with E-state index in [-0.39, 0.29) is 17.4 Å². The van der Waals surface area contributed by atoms with Gasteiger partial charge in [-0.25, -0.2) is 4.79 Å². The van der Waals surface area contributed by atoms with Crippen LogP contribution in [-0.4, -0.2) is 35.1 Å². The fraction of sp³-hybridized carbons (Fsp3) is 0.320. The molecule has 0 spiro atoms. The van der Waals surface area contributed by atoms with Crippen molar-refractivity contribution in [3.63, 3.8) is 0 Å². The zero-order valence-corrected chi connectivity index (χ0v) is 17.3. The topological polar surface area (TPSA) is 88.5 Å². The highest BCUT2D eigenvalue weighted by atomic mass is 16.5. The summed E-state index contributed by atoms with van der Waals surface area (Å²) in [5, 5.41) is 13.0. The highest BCUT2D eigenvalue weighted by Gasteiger charge is 2.20. The van der Waals surface area contributed by atoms with Crippen molar-refractivity contribution in [1.82, 2.24) is 10.3 Å². The number of aromatic carboxylic acids is 1. The van der Waals surface area contributed by atoms with Gasteiger partial charge in [-0.1, -0.05) is 37.5 Å². The minimum Gasteiger partial charge on any atom is -0.492 e. The molecule has 1 aliphatic carbocycles. The fourth-order valence-corrected chi connectivity index (χ4v) is 4.11. The minimum atomic E-state index is -0.969. The van der Waals surface area contributed by atoms with E-state index in [0.717, 1.165) is 42.6 Å². The predicted octanol–water partition coefficient (Wildman–Crippen LogP) is 4.68. The van der Waals surface area contributed by atoms with Crippen LogP contribution >= 0.6 is 0 Å². The molecule has 0 atom stereocenters. The van der Waals surface area contributed by atoms with Crippen LogP contribution in [0, 0.1) is 5.92 Å². The Morgan fingerprint density at radius 1 is 1.00 bits per heavy atom. The number of aromatic nitrogens is 1. The summed E-state index contributed by atoms with van der Waals surface area (Å²) in [4.78, 5) is 27.9. The van der Waals surface area contributed by atoms with Crippen molar-refractivity contribution in [2.45, 2.75) is 32.1 Å². The van der Waals surface area contributed by atoms with Crippen molar-refractivity contribution < 1.29 is 19.4 Å². The van der Waals surface area contributed by atoms with Gasteiger partial charge in [0.25, 0.3) is 0 Å². The van der Waals surface area contributed by atoms with Crippen LogP contribution in [-0.2, 0) is 4.79 Å². The number of benzene rings is 2. The Balaban J connectivity index is 1.35. The van der Waals surface area contributed by atoms with Gasteiger partial charge in [0, 0.05) is 17.5 Å². The first-order chi connectivity index (χ1) is 15.1. The fourth-order valence-electron chi connectivity index (χ4n) is 4.11. The normalized spacial score (nSPS) is 14.3. The van der Waals surface area contributed by atoms with Gasteiger partial charge in [0.2, 0.25) is 5.91 Å². The number of carbonyl (C=O) groups is 2. The number of rotatable bonds is 7. The molecule has 0 bridgehead atoms. The molecule has 0 radical (unpaired) electrons. The smallest absolute Gasteiger partial charge is 0.336 e. The first-order valence-electron chi connectivity index (χ1n) is 10.7. The highest BCUT2D eigenvalue weighted by Crippen LogP contribution is 2.27. The molecule has 1 fully saturated rings. The highest BCUT2D eigenvalue weighted by molar-refractivity contribution is 6.03. The zero-order valence-electron chi connectivity index (χ0n) is 17.3. The van der Waals surface area contributed by atoms with Crippen LogP contribution in [0.2, 0.25) is 0 Å². The van der Waals surface area contributed by atoms with Crippen LogP contribution in [0.25, 0.3) is 22.0 Å². The summed E-state index contributed by atoms with van der Waals surface area (Å²) in [5.41, 5.74) is 2.76. The van der Waals surface area contributed by atoms with Crippen molar-refractivity contribution in [1.29, 1.82) is 0 Å². The number of hydrogen-bond acceptors (Lipinski definition) is 4. The summed E-state index contributed by atoms with van der Waals surface area (Å²) in [6.45, 7) is 0.911. The van der Waals surface area contributed by atoms with E-state index in [9.17, 15) is 14.7 Å². The number of hydrogen-bond donors (Lipinski definition) is 2. The number of amides is 1. The monoisotopic (exact) mass is 418 g/mol. The average Bonchev–Trinajstić information content (AvgIpc) is 2.82. The van der Waals surface area contributed by atoms with Crippen molar-refractivity contribution in [3.05, 3.63) is 60.3 Å². The maximum absolute atomic E-state index is 12.2. The van der Waals surface area contributed by atoms with Crippen LogP contribution in [0.1, 0.15) is 42.5 Å². The Labute approximate surface area is 181 Å². The van der Waals surface area contributed by atoms with E-state index in [1.165, 1.54) is 18.7 Å². The number of nitrogens with zero attached hydrogens (tertiary/aromatic N) is 1. The molecule has 1 heterocycles. The Bertz CT molecular complexity index is 1070. The SMILES string of the molecule is O=C(O)c1ccnc2ccc(-c3ccc(OCCNC(=O)C4CCCCC4)cc3)cc12. The third-order valence-corrected chi connectivity index (χ3v) is 5.81. The van der Waals surface area contributed by atoms with Gasteiger partial charge < -0.3 is 15.2 Å². The Hall–Kier alpha value is -3.41. The second kappa shape index (κ2) is 9.60. The second-order valence-corrected chi connectivity index (χ2v) is 7.89. The van der Waals surface area contributed by atoms with E-state index < -0.39 is 5.97 Å². The third-order valence-electron chi connectivity index (χ3n) is 5.81. The van der Waals surface area contributed by atoms with E-state index in [0.29, 0.717) is 24.1 Å². The lowest BCUT2D eigenvalue weighted by molar-refractivity contribution is -0.126. The molecule has 4 rings (SSSR count). The number of carboxylic acids is 1. The number of pyridine rings is 1. The largest absolute Gasteiger partial charge is 0.492 e. The second-order valence-electron chi connectivity index (χ2n) is 7.89. The van der Waals surface area contributed by atoms with E-state index in [4.69, 9.17) is 4.74 Å². The molecule has 1 saturated carbocycles. The van der Waals surface area contributed by atoms with Crippen LogP contribution < -0.4 is 10.1 Å². The lowest BCUT2D eigenvalue weighted by atomic mass is 9.89. The summed E-state index contributed by atoms with van der Waals surface area (Å²) < 4.78 is 5.75. The number of ether oxygens (including phenoxy) is 1. The molecule has 2 aromatic carbocycles. The van der Waals surface area contributed by atoms with Crippen molar-refractivity contribution in [2.24, 2.45) is 5.92 Å². The van der Waals surface area contributed by atoms with Gasteiger partial charge in [-0.05, 0) is 54.3 Å². The van der Waals surface area contributed by atoms with Crippen molar-refractivity contribution in [2.75, 3.05) is 13.2 Å². The predicted molar refractivity (Wildman–Crippen MR) is 119 cm³/mol. The Kier molecular flexibility index (Phi) is 6.46. The standard InChI is InChI=1S/C25H26N2O4/c28-24(18-4-2-1-3-5-18)27-14-15-31-20-9-6-17(7-10-20)19-8-11-23-22(16-19)21(25(29)30)12-13-26-23/h6-13,16,18H,1-5,14-15H2,(H,27,28)(H,29,30). The average molecular weight is 418 g/mol. The van der Waals surface area contributed by atoms with Crippen molar-refractivity contribution >= 4 is 22.8 Å². The van der Waals surface area contributed by atoms with Gasteiger partial charge in [-0.15, -0.1) is 0 Å². The zero-order chi connectivity index (χ0) is 21.6. The van der Waals surface area contributed by atoms with E-state index >= 15 is 0 Å². The minimum absolute atomic E-state index is 0.144. The molecule has 2 N–H and O–H groups in total. The molecule has 1 amide bonds. The summed E-state index contributed by atoms with van der Waals surface area (Å²) in [6.07, 6.45) is 7.02. The molecule has 31 heavy (non-hydrogen) atoms. The summed E-state index contributed by atoms with van der Waals surface area (Å²) >= 11 is 0.